The summed E-state index contributed by atoms with van der Waals surface area (Å²) in [7, 11) is 3.73. The fraction of sp³-hybridized carbons (Fsp3) is 0.353. The highest BCUT2D eigenvalue weighted by atomic mass is 16.5. The molecule has 0 fully saturated rings. The predicted octanol–water partition coefficient (Wildman–Crippen LogP) is 3.14. The summed E-state index contributed by atoms with van der Waals surface area (Å²) >= 11 is 0. The fourth-order valence-corrected chi connectivity index (χ4v) is 2.19. The van der Waals surface area contributed by atoms with Crippen LogP contribution in [-0.4, -0.2) is 19.1 Å². The molecule has 2 aromatic rings. The third-order valence-corrected chi connectivity index (χ3v) is 3.59. The molecule has 2 rings (SSSR count). The first-order valence-electron chi connectivity index (χ1n) is 7.19. The van der Waals surface area contributed by atoms with E-state index >= 15 is 0 Å². The molecule has 0 spiro atoms. The van der Waals surface area contributed by atoms with Crippen molar-refractivity contribution in [1.29, 1.82) is 0 Å². The average Bonchev–Trinajstić information content (AvgIpc) is 2.54. The van der Waals surface area contributed by atoms with E-state index in [2.05, 4.69) is 36.0 Å². The van der Waals surface area contributed by atoms with Crippen molar-refractivity contribution in [3.63, 3.8) is 0 Å². The van der Waals surface area contributed by atoms with Crippen LogP contribution in [0.5, 0.6) is 5.75 Å². The average molecular weight is 285 g/mol. The number of hydrogen-bond acceptors (Lipinski definition) is 4. The summed E-state index contributed by atoms with van der Waals surface area (Å²) in [5.74, 6) is 0.878. The Hall–Kier alpha value is -2.07. The summed E-state index contributed by atoms with van der Waals surface area (Å²) in [4.78, 5) is 6.61. The molecule has 1 heterocycles. The van der Waals surface area contributed by atoms with Crippen molar-refractivity contribution in [1.82, 2.24) is 4.98 Å². The van der Waals surface area contributed by atoms with Gasteiger partial charge in [-0.3, -0.25) is 4.98 Å². The number of anilines is 1. The molecule has 1 aromatic carbocycles. The van der Waals surface area contributed by atoms with E-state index in [-0.39, 0.29) is 6.04 Å². The molecule has 0 aliphatic heterocycles. The Balaban J connectivity index is 2.07. The van der Waals surface area contributed by atoms with Gasteiger partial charge in [-0.2, -0.15) is 0 Å². The Bertz CT molecular complexity index is 569. The maximum atomic E-state index is 5.99. The first-order chi connectivity index (χ1) is 10.1. The molecule has 1 aromatic heterocycles. The molecule has 0 amide bonds. The van der Waals surface area contributed by atoms with Gasteiger partial charge in [-0.1, -0.05) is 19.1 Å². The SMILES string of the molecule is CC[C@H](N)c1ccc(N(C)Cc2cccc(OC)c2)cn1. The van der Waals surface area contributed by atoms with E-state index in [1.165, 1.54) is 5.56 Å². The Morgan fingerprint density at radius 2 is 2.10 bits per heavy atom. The molecule has 0 aliphatic rings. The van der Waals surface area contributed by atoms with E-state index in [9.17, 15) is 0 Å². The van der Waals surface area contributed by atoms with E-state index in [1.807, 2.05) is 30.5 Å². The van der Waals surface area contributed by atoms with Crippen LogP contribution in [0.15, 0.2) is 42.6 Å². The molecule has 4 nitrogen and oxygen atoms in total. The topological polar surface area (TPSA) is 51.4 Å². The van der Waals surface area contributed by atoms with Gasteiger partial charge < -0.3 is 15.4 Å². The zero-order valence-corrected chi connectivity index (χ0v) is 12.9. The molecular formula is C17H23N3O. The minimum Gasteiger partial charge on any atom is -0.497 e. The zero-order chi connectivity index (χ0) is 15.2. The van der Waals surface area contributed by atoms with Crippen molar-refractivity contribution in [2.24, 2.45) is 5.73 Å². The molecular weight excluding hydrogens is 262 g/mol. The molecule has 1 atom stereocenters. The van der Waals surface area contributed by atoms with Gasteiger partial charge in [0.05, 0.1) is 24.7 Å². The smallest absolute Gasteiger partial charge is 0.119 e. The number of ether oxygens (including phenoxy) is 1. The quantitative estimate of drug-likeness (QED) is 0.886. The standard InChI is InChI=1S/C17H23N3O/c1-4-16(18)17-9-8-14(11-19-17)20(2)12-13-6-5-7-15(10-13)21-3/h5-11,16H,4,12,18H2,1-3H3/t16-/m0/s1. The van der Waals surface area contributed by atoms with Crippen LogP contribution in [0.1, 0.15) is 30.6 Å². The summed E-state index contributed by atoms with van der Waals surface area (Å²) in [6.45, 7) is 2.87. The Kier molecular flexibility index (Phi) is 5.17. The second-order valence-electron chi connectivity index (χ2n) is 5.16. The predicted molar refractivity (Wildman–Crippen MR) is 86.6 cm³/mol. The molecule has 21 heavy (non-hydrogen) atoms. The van der Waals surface area contributed by atoms with Gasteiger partial charge in [0.2, 0.25) is 0 Å². The lowest BCUT2D eigenvalue weighted by atomic mass is 10.1. The lowest BCUT2D eigenvalue weighted by molar-refractivity contribution is 0.414. The van der Waals surface area contributed by atoms with Crippen LogP contribution < -0.4 is 15.4 Å². The third kappa shape index (κ3) is 3.95. The van der Waals surface area contributed by atoms with Crippen LogP contribution in [0.2, 0.25) is 0 Å². The monoisotopic (exact) mass is 285 g/mol. The summed E-state index contributed by atoms with van der Waals surface area (Å²) in [5, 5.41) is 0. The number of nitrogens with zero attached hydrogens (tertiary/aromatic N) is 2. The van der Waals surface area contributed by atoms with E-state index < -0.39 is 0 Å². The van der Waals surface area contributed by atoms with Crippen molar-refractivity contribution in [2.75, 3.05) is 19.1 Å². The van der Waals surface area contributed by atoms with Crippen molar-refractivity contribution in [3.05, 3.63) is 53.9 Å². The van der Waals surface area contributed by atoms with Crippen molar-refractivity contribution in [2.45, 2.75) is 25.9 Å². The number of benzene rings is 1. The second kappa shape index (κ2) is 7.09. The van der Waals surface area contributed by atoms with Crippen molar-refractivity contribution >= 4 is 5.69 Å². The van der Waals surface area contributed by atoms with Crippen LogP contribution in [0, 0.1) is 0 Å². The Morgan fingerprint density at radius 1 is 1.29 bits per heavy atom. The lowest BCUT2D eigenvalue weighted by Crippen LogP contribution is -2.17. The van der Waals surface area contributed by atoms with Gasteiger partial charge in [-0.25, -0.2) is 0 Å². The van der Waals surface area contributed by atoms with Gasteiger partial charge in [-0.05, 0) is 36.2 Å². The van der Waals surface area contributed by atoms with Crippen LogP contribution in [0.3, 0.4) is 0 Å². The molecule has 0 bridgehead atoms. The van der Waals surface area contributed by atoms with Gasteiger partial charge in [0.1, 0.15) is 5.75 Å². The normalized spacial score (nSPS) is 12.0. The number of aromatic nitrogens is 1. The summed E-state index contributed by atoms with van der Waals surface area (Å²) in [5.41, 5.74) is 9.20. The van der Waals surface area contributed by atoms with Gasteiger partial charge >= 0.3 is 0 Å². The van der Waals surface area contributed by atoms with E-state index in [0.717, 1.165) is 30.1 Å². The van der Waals surface area contributed by atoms with E-state index in [4.69, 9.17) is 10.5 Å². The molecule has 0 unspecified atom stereocenters. The third-order valence-electron chi connectivity index (χ3n) is 3.59. The molecule has 2 N–H and O–H groups in total. The highest BCUT2D eigenvalue weighted by molar-refractivity contribution is 5.45. The number of methoxy groups -OCH3 is 1. The van der Waals surface area contributed by atoms with E-state index in [1.54, 1.807) is 7.11 Å². The first-order valence-corrected chi connectivity index (χ1v) is 7.19. The minimum atomic E-state index is 0.0164. The van der Waals surface area contributed by atoms with Crippen LogP contribution >= 0.6 is 0 Å². The first kappa shape index (κ1) is 15.3. The highest BCUT2D eigenvalue weighted by Crippen LogP contribution is 2.19. The second-order valence-corrected chi connectivity index (χ2v) is 5.16. The molecule has 0 radical (unpaired) electrons. The van der Waals surface area contributed by atoms with Gasteiger partial charge in [-0.15, -0.1) is 0 Å². The minimum absolute atomic E-state index is 0.0164. The highest BCUT2D eigenvalue weighted by Gasteiger charge is 2.07. The number of rotatable bonds is 6. The Labute approximate surface area is 126 Å². The maximum Gasteiger partial charge on any atom is 0.119 e. The number of hydrogen-bond donors (Lipinski definition) is 1. The van der Waals surface area contributed by atoms with Gasteiger partial charge in [0, 0.05) is 19.6 Å². The maximum absolute atomic E-state index is 5.99. The number of pyridine rings is 1. The van der Waals surface area contributed by atoms with Crippen molar-refractivity contribution in [3.8, 4) is 5.75 Å². The molecule has 0 saturated carbocycles. The van der Waals surface area contributed by atoms with Crippen LogP contribution in [0.4, 0.5) is 5.69 Å². The fourth-order valence-electron chi connectivity index (χ4n) is 2.19. The summed E-state index contributed by atoms with van der Waals surface area (Å²) in [6, 6.07) is 12.2. The van der Waals surface area contributed by atoms with Crippen molar-refractivity contribution < 1.29 is 4.74 Å². The molecule has 0 aliphatic carbocycles. The summed E-state index contributed by atoms with van der Waals surface area (Å²) in [6.07, 6.45) is 2.77. The van der Waals surface area contributed by atoms with E-state index in [0.29, 0.717) is 0 Å². The van der Waals surface area contributed by atoms with Crippen LogP contribution in [-0.2, 0) is 6.54 Å². The molecule has 112 valence electrons. The Morgan fingerprint density at radius 3 is 2.71 bits per heavy atom. The molecule has 4 heteroatoms. The zero-order valence-electron chi connectivity index (χ0n) is 12.9. The van der Waals surface area contributed by atoms with Gasteiger partial charge in [0.15, 0.2) is 0 Å². The molecule has 0 saturated heterocycles. The number of nitrogens with two attached hydrogens (primary N) is 1. The summed E-state index contributed by atoms with van der Waals surface area (Å²) < 4.78 is 5.25. The van der Waals surface area contributed by atoms with Crippen LogP contribution in [0.25, 0.3) is 0 Å². The van der Waals surface area contributed by atoms with Gasteiger partial charge in [0.25, 0.3) is 0 Å². The lowest BCUT2D eigenvalue weighted by Gasteiger charge is -2.20. The largest absolute Gasteiger partial charge is 0.497 e.